The average Bonchev–Trinajstić information content (AvgIpc) is 2.68. The maximum atomic E-state index is 13.1. The molecule has 1 atom stereocenters. The van der Waals surface area contributed by atoms with Gasteiger partial charge in [-0.05, 0) is 37.5 Å². The van der Waals surface area contributed by atoms with Crippen molar-refractivity contribution in [1.29, 1.82) is 0 Å². The molecule has 0 bridgehead atoms. The first-order chi connectivity index (χ1) is 13.1. The van der Waals surface area contributed by atoms with Gasteiger partial charge in [0.1, 0.15) is 11.9 Å². The summed E-state index contributed by atoms with van der Waals surface area (Å²) in [7, 11) is 0. The number of rotatable bonds is 2. The number of nitro benzene ring substituents is 1. The first-order valence-electron chi connectivity index (χ1n) is 8.81. The number of carbonyl (C=O) groups excluding carboxylic acids is 2. The third kappa shape index (κ3) is 2.88. The molecule has 2 aliphatic rings. The molecule has 4 rings (SSSR count). The molecule has 1 fully saturated rings. The summed E-state index contributed by atoms with van der Waals surface area (Å²) >= 11 is 0. The number of nitrogens with one attached hydrogen (secondary N) is 1. The molecule has 2 aromatic carbocycles. The minimum absolute atomic E-state index is 0.0787. The summed E-state index contributed by atoms with van der Waals surface area (Å²) in [5, 5.41) is 13.9. The van der Waals surface area contributed by atoms with E-state index in [2.05, 4.69) is 5.32 Å². The fourth-order valence-corrected chi connectivity index (χ4v) is 3.76. The number of nitrogens with zero attached hydrogens (tertiary/aromatic N) is 3. The molecular weight excluding hydrogens is 348 g/mol. The number of benzene rings is 2. The van der Waals surface area contributed by atoms with Crippen LogP contribution in [0.3, 0.4) is 0 Å². The Morgan fingerprint density at radius 2 is 1.85 bits per heavy atom. The van der Waals surface area contributed by atoms with E-state index >= 15 is 0 Å². The monoisotopic (exact) mass is 366 g/mol. The molecule has 0 aromatic heterocycles. The molecule has 1 unspecified atom stereocenters. The lowest BCUT2D eigenvalue weighted by Crippen LogP contribution is -2.59. The van der Waals surface area contributed by atoms with Crippen molar-refractivity contribution < 1.29 is 14.5 Å². The van der Waals surface area contributed by atoms with Crippen molar-refractivity contribution in [3.8, 4) is 0 Å². The molecule has 27 heavy (non-hydrogen) atoms. The smallest absolute Gasteiger partial charge is 0.318 e. The predicted octanol–water partition coefficient (Wildman–Crippen LogP) is 3.60. The van der Waals surface area contributed by atoms with Crippen LogP contribution in [0.4, 0.5) is 21.9 Å². The van der Waals surface area contributed by atoms with Crippen molar-refractivity contribution in [3.63, 3.8) is 0 Å². The first kappa shape index (κ1) is 17.0. The number of fused-ring (bicyclic) bond motifs is 2. The van der Waals surface area contributed by atoms with Gasteiger partial charge >= 0.3 is 6.03 Å². The molecule has 2 aromatic rings. The number of anilines is 2. The zero-order valence-corrected chi connectivity index (χ0v) is 14.5. The molecule has 0 spiro atoms. The summed E-state index contributed by atoms with van der Waals surface area (Å²) in [6.45, 7) is 0.590. The topological polar surface area (TPSA) is 95.8 Å². The van der Waals surface area contributed by atoms with Crippen molar-refractivity contribution in [3.05, 3.63) is 64.2 Å². The van der Waals surface area contributed by atoms with Gasteiger partial charge in [-0.2, -0.15) is 0 Å². The lowest BCUT2D eigenvalue weighted by atomic mass is 9.99. The second-order valence-corrected chi connectivity index (χ2v) is 6.57. The molecule has 1 saturated heterocycles. The molecule has 2 heterocycles. The van der Waals surface area contributed by atoms with Gasteiger partial charge in [0.05, 0.1) is 16.2 Å². The summed E-state index contributed by atoms with van der Waals surface area (Å²) in [5.74, 6) is -0.0787. The highest BCUT2D eigenvalue weighted by Gasteiger charge is 2.41. The van der Waals surface area contributed by atoms with Crippen LogP contribution in [0.25, 0.3) is 0 Å². The van der Waals surface area contributed by atoms with E-state index in [4.69, 9.17) is 0 Å². The SMILES string of the molecule is O=C1c2ccccc2N(C(=O)Nc2ccccc2[N+](=O)[O-])C2CCCCN12. The van der Waals surface area contributed by atoms with Gasteiger partial charge in [-0.15, -0.1) is 0 Å². The number of hydrogen-bond donors (Lipinski definition) is 1. The van der Waals surface area contributed by atoms with Crippen LogP contribution in [0, 0.1) is 10.1 Å². The maximum Gasteiger partial charge on any atom is 0.328 e. The molecule has 1 N–H and O–H groups in total. The number of carbonyl (C=O) groups is 2. The summed E-state index contributed by atoms with van der Waals surface area (Å²) < 4.78 is 0. The van der Waals surface area contributed by atoms with E-state index in [0.717, 1.165) is 12.8 Å². The quantitative estimate of drug-likeness (QED) is 0.649. The largest absolute Gasteiger partial charge is 0.328 e. The Morgan fingerprint density at radius 1 is 1.11 bits per heavy atom. The van der Waals surface area contributed by atoms with E-state index in [1.807, 2.05) is 0 Å². The number of hydrogen-bond acceptors (Lipinski definition) is 4. The first-order valence-corrected chi connectivity index (χ1v) is 8.81. The predicted molar refractivity (Wildman–Crippen MR) is 99.7 cm³/mol. The van der Waals surface area contributed by atoms with Crippen molar-refractivity contribution in [2.24, 2.45) is 0 Å². The van der Waals surface area contributed by atoms with Crippen LogP contribution in [-0.4, -0.2) is 34.5 Å². The Hall–Kier alpha value is -3.42. The molecule has 3 amide bonds. The van der Waals surface area contributed by atoms with Gasteiger partial charge in [-0.1, -0.05) is 24.3 Å². The second kappa shape index (κ2) is 6.71. The van der Waals surface area contributed by atoms with Gasteiger partial charge in [0.25, 0.3) is 11.6 Å². The summed E-state index contributed by atoms with van der Waals surface area (Å²) in [4.78, 5) is 39.9. The fourth-order valence-electron chi connectivity index (χ4n) is 3.76. The van der Waals surface area contributed by atoms with E-state index in [9.17, 15) is 19.7 Å². The summed E-state index contributed by atoms with van der Waals surface area (Å²) in [5.41, 5.74) is 0.951. The molecule has 0 radical (unpaired) electrons. The van der Waals surface area contributed by atoms with Gasteiger partial charge in [-0.3, -0.25) is 19.8 Å². The van der Waals surface area contributed by atoms with Crippen LogP contribution < -0.4 is 10.2 Å². The zero-order valence-electron chi connectivity index (χ0n) is 14.5. The van der Waals surface area contributed by atoms with Gasteiger partial charge in [-0.25, -0.2) is 4.79 Å². The van der Waals surface area contributed by atoms with Crippen LogP contribution in [0.5, 0.6) is 0 Å². The summed E-state index contributed by atoms with van der Waals surface area (Å²) in [6.07, 6.45) is 2.09. The molecule has 8 nitrogen and oxygen atoms in total. The zero-order chi connectivity index (χ0) is 19.0. The highest BCUT2D eigenvalue weighted by Crippen LogP contribution is 2.36. The minimum atomic E-state index is -0.532. The lowest BCUT2D eigenvalue weighted by Gasteiger charge is -2.46. The number of amides is 3. The Morgan fingerprint density at radius 3 is 2.67 bits per heavy atom. The van der Waals surface area contributed by atoms with Crippen molar-refractivity contribution in [1.82, 2.24) is 4.90 Å². The van der Waals surface area contributed by atoms with E-state index < -0.39 is 11.0 Å². The van der Waals surface area contributed by atoms with E-state index in [0.29, 0.717) is 24.2 Å². The van der Waals surface area contributed by atoms with Crippen molar-refractivity contribution in [2.75, 3.05) is 16.8 Å². The lowest BCUT2D eigenvalue weighted by molar-refractivity contribution is -0.383. The molecule has 0 saturated carbocycles. The third-order valence-electron chi connectivity index (χ3n) is 4.99. The van der Waals surface area contributed by atoms with Gasteiger partial charge in [0.15, 0.2) is 0 Å². The van der Waals surface area contributed by atoms with Crippen molar-refractivity contribution in [2.45, 2.75) is 25.4 Å². The normalized spacial score (nSPS) is 18.5. The molecule has 2 aliphatic heterocycles. The van der Waals surface area contributed by atoms with Gasteiger partial charge in [0.2, 0.25) is 0 Å². The van der Waals surface area contributed by atoms with Crippen LogP contribution >= 0.6 is 0 Å². The van der Waals surface area contributed by atoms with E-state index in [-0.39, 0.29) is 23.4 Å². The van der Waals surface area contributed by atoms with Gasteiger partial charge in [0, 0.05) is 12.6 Å². The number of para-hydroxylation sites is 3. The van der Waals surface area contributed by atoms with Crippen LogP contribution in [0.2, 0.25) is 0 Å². The van der Waals surface area contributed by atoms with E-state index in [1.54, 1.807) is 46.2 Å². The number of urea groups is 1. The number of nitro groups is 1. The Bertz CT molecular complexity index is 929. The highest BCUT2D eigenvalue weighted by molar-refractivity contribution is 6.11. The van der Waals surface area contributed by atoms with Gasteiger partial charge < -0.3 is 10.2 Å². The van der Waals surface area contributed by atoms with Crippen LogP contribution in [-0.2, 0) is 0 Å². The fraction of sp³-hybridized carbons (Fsp3) is 0.263. The molecule has 0 aliphatic carbocycles. The molecular formula is C19H18N4O4. The van der Waals surface area contributed by atoms with Crippen molar-refractivity contribution >= 4 is 29.0 Å². The Balaban J connectivity index is 1.73. The third-order valence-corrected chi connectivity index (χ3v) is 4.99. The van der Waals surface area contributed by atoms with Crippen LogP contribution in [0.1, 0.15) is 29.6 Å². The minimum Gasteiger partial charge on any atom is -0.318 e. The number of piperidine rings is 1. The highest BCUT2D eigenvalue weighted by atomic mass is 16.6. The standard InChI is InChI=1S/C19H18N4O4/c24-18-13-7-1-3-9-15(13)22(17-11-5-6-12-21(17)18)19(25)20-14-8-2-4-10-16(14)23(26)27/h1-4,7-10,17H,5-6,11-12H2,(H,20,25). The Kier molecular flexibility index (Phi) is 4.23. The second-order valence-electron chi connectivity index (χ2n) is 6.57. The molecule has 138 valence electrons. The van der Waals surface area contributed by atoms with E-state index in [1.165, 1.54) is 12.1 Å². The summed E-state index contributed by atoms with van der Waals surface area (Å²) in [6, 6.07) is 12.5. The Labute approximate surface area is 155 Å². The average molecular weight is 366 g/mol. The maximum absolute atomic E-state index is 13.1. The molecule has 8 heteroatoms. The van der Waals surface area contributed by atoms with Crippen LogP contribution in [0.15, 0.2) is 48.5 Å².